The van der Waals surface area contributed by atoms with Crippen molar-refractivity contribution in [3.63, 3.8) is 0 Å². The minimum absolute atomic E-state index is 0.343. The van der Waals surface area contributed by atoms with Crippen molar-refractivity contribution in [2.45, 2.75) is 6.92 Å². The Hall–Kier alpha value is -3.29. The molecule has 3 aromatic heterocycles. The van der Waals surface area contributed by atoms with Crippen molar-refractivity contribution >= 4 is 16.9 Å². The summed E-state index contributed by atoms with van der Waals surface area (Å²) in [4.78, 5) is 30.8. The lowest BCUT2D eigenvalue weighted by Crippen LogP contribution is -2.28. The van der Waals surface area contributed by atoms with Gasteiger partial charge in [0.15, 0.2) is 11.2 Å². The Morgan fingerprint density at radius 2 is 2.04 bits per heavy atom. The number of rotatable bonds is 2. The minimum atomic E-state index is -0.488. The van der Waals surface area contributed by atoms with Gasteiger partial charge in [0.2, 0.25) is 5.78 Å². The van der Waals surface area contributed by atoms with E-state index in [0.29, 0.717) is 16.9 Å². The number of nitrogens with zero attached hydrogens (tertiary/aromatic N) is 4. The lowest BCUT2D eigenvalue weighted by molar-refractivity contribution is 0.414. The average molecular weight is 325 g/mol. The van der Waals surface area contributed by atoms with Gasteiger partial charge in [-0.05, 0) is 19.1 Å². The maximum Gasteiger partial charge on any atom is 0.329 e. The minimum Gasteiger partial charge on any atom is -0.497 e. The normalized spacial score (nSPS) is 11.5. The molecular formula is C16H15N5O3. The van der Waals surface area contributed by atoms with E-state index in [-0.39, 0.29) is 0 Å². The van der Waals surface area contributed by atoms with Crippen molar-refractivity contribution < 1.29 is 4.74 Å². The summed E-state index contributed by atoms with van der Waals surface area (Å²) in [6.07, 6.45) is 1.82. The summed E-state index contributed by atoms with van der Waals surface area (Å²) in [5, 5.41) is 0. The van der Waals surface area contributed by atoms with E-state index in [1.165, 1.54) is 4.57 Å². The van der Waals surface area contributed by atoms with Gasteiger partial charge in [-0.3, -0.25) is 23.3 Å². The van der Waals surface area contributed by atoms with E-state index in [1.54, 1.807) is 18.6 Å². The van der Waals surface area contributed by atoms with Crippen LogP contribution in [0, 0.1) is 6.92 Å². The molecule has 4 rings (SSSR count). The van der Waals surface area contributed by atoms with Crippen molar-refractivity contribution in [1.29, 1.82) is 0 Å². The van der Waals surface area contributed by atoms with Gasteiger partial charge in [-0.25, -0.2) is 4.79 Å². The number of aromatic nitrogens is 5. The molecule has 0 unspecified atom stereocenters. The van der Waals surface area contributed by atoms with Crippen LogP contribution >= 0.6 is 0 Å². The summed E-state index contributed by atoms with van der Waals surface area (Å²) in [5.74, 6) is 1.28. The number of imidazole rings is 2. The monoisotopic (exact) mass is 325 g/mol. The second kappa shape index (κ2) is 4.85. The predicted octanol–water partition coefficient (Wildman–Crippen LogP) is 0.982. The zero-order chi connectivity index (χ0) is 17.0. The van der Waals surface area contributed by atoms with E-state index in [1.807, 2.05) is 42.0 Å². The van der Waals surface area contributed by atoms with Gasteiger partial charge < -0.3 is 4.74 Å². The van der Waals surface area contributed by atoms with Crippen LogP contribution in [-0.4, -0.2) is 30.6 Å². The van der Waals surface area contributed by atoms with Gasteiger partial charge in [0.1, 0.15) is 5.75 Å². The molecule has 1 N–H and O–H groups in total. The number of fused-ring (bicyclic) bond motifs is 3. The van der Waals surface area contributed by atoms with Gasteiger partial charge in [-0.2, -0.15) is 4.98 Å². The summed E-state index contributed by atoms with van der Waals surface area (Å²) in [6.45, 7) is 1.93. The topological polar surface area (TPSA) is 86.3 Å². The third-order valence-electron chi connectivity index (χ3n) is 4.11. The third-order valence-corrected chi connectivity index (χ3v) is 4.11. The Bertz CT molecular complexity index is 1210. The SMILES string of the molecule is COc1cccc(-n2c(C)cn3c4c(=O)[nH]c(=O)n(C)c4nc23)c1. The third kappa shape index (κ3) is 1.82. The molecule has 3 heterocycles. The molecule has 0 bridgehead atoms. The summed E-state index contributed by atoms with van der Waals surface area (Å²) < 4.78 is 10.2. The molecule has 0 spiro atoms. The number of hydrogen-bond donors (Lipinski definition) is 1. The number of benzene rings is 1. The number of nitrogens with one attached hydrogen (secondary N) is 1. The van der Waals surface area contributed by atoms with Crippen molar-refractivity contribution in [3.05, 3.63) is 57.0 Å². The molecule has 0 amide bonds. The Balaban J connectivity index is 2.14. The van der Waals surface area contributed by atoms with E-state index in [2.05, 4.69) is 9.97 Å². The van der Waals surface area contributed by atoms with E-state index >= 15 is 0 Å². The highest BCUT2D eigenvalue weighted by Gasteiger charge is 2.18. The van der Waals surface area contributed by atoms with E-state index in [4.69, 9.17) is 4.74 Å². The number of methoxy groups -OCH3 is 1. The lowest BCUT2D eigenvalue weighted by Gasteiger charge is -2.07. The summed E-state index contributed by atoms with van der Waals surface area (Å²) in [6, 6.07) is 7.55. The zero-order valence-corrected chi connectivity index (χ0v) is 13.4. The van der Waals surface area contributed by atoms with Gasteiger partial charge in [0.05, 0.1) is 12.8 Å². The second-order valence-electron chi connectivity index (χ2n) is 5.58. The van der Waals surface area contributed by atoms with Crippen LogP contribution in [0.3, 0.4) is 0 Å². The van der Waals surface area contributed by atoms with Gasteiger partial charge in [0.25, 0.3) is 5.56 Å². The molecule has 0 radical (unpaired) electrons. The fraction of sp³-hybridized carbons (Fsp3) is 0.188. The van der Waals surface area contributed by atoms with E-state index in [9.17, 15) is 9.59 Å². The lowest BCUT2D eigenvalue weighted by atomic mass is 10.3. The van der Waals surface area contributed by atoms with Gasteiger partial charge in [-0.1, -0.05) is 6.07 Å². The highest BCUT2D eigenvalue weighted by Crippen LogP contribution is 2.23. The molecule has 0 aliphatic heterocycles. The van der Waals surface area contributed by atoms with Crippen LogP contribution in [0.25, 0.3) is 22.6 Å². The first-order chi connectivity index (χ1) is 11.5. The van der Waals surface area contributed by atoms with Crippen molar-refractivity contribution in [2.24, 2.45) is 7.05 Å². The molecular weight excluding hydrogens is 310 g/mol. The predicted molar refractivity (Wildman–Crippen MR) is 89.2 cm³/mol. The molecule has 0 saturated carbocycles. The summed E-state index contributed by atoms with van der Waals surface area (Å²) >= 11 is 0. The Labute approximate surface area is 135 Å². The fourth-order valence-corrected chi connectivity index (χ4v) is 2.94. The average Bonchev–Trinajstić information content (AvgIpc) is 3.07. The number of ether oxygens (including phenoxy) is 1. The molecule has 0 fully saturated rings. The van der Waals surface area contributed by atoms with E-state index in [0.717, 1.165) is 17.1 Å². The highest BCUT2D eigenvalue weighted by atomic mass is 16.5. The van der Waals surface area contributed by atoms with Crippen molar-refractivity contribution in [2.75, 3.05) is 7.11 Å². The first-order valence-corrected chi connectivity index (χ1v) is 7.35. The smallest absolute Gasteiger partial charge is 0.329 e. The van der Waals surface area contributed by atoms with Gasteiger partial charge in [-0.15, -0.1) is 0 Å². The van der Waals surface area contributed by atoms with Crippen molar-refractivity contribution in [1.82, 2.24) is 23.5 Å². The Morgan fingerprint density at radius 1 is 1.25 bits per heavy atom. The first-order valence-electron chi connectivity index (χ1n) is 7.35. The molecule has 8 heteroatoms. The number of aryl methyl sites for hydroxylation is 2. The van der Waals surface area contributed by atoms with Crippen LogP contribution < -0.4 is 16.0 Å². The quantitative estimate of drug-likeness (QED) is 0.595. The van der Waals surface area contributed by atoms with Gasteiger partial charge >= 0.3 is 5.69 Å². The molecule has 0 aliphatic rings. The molecule has 0 aliphatic carbocycles. The molecule has 0 atom stereocenters. The standard InChI is InChI=1S/C16H15N5O3/c1-9-8-20-12-13(19(2)16(23)18-14(12)22)17-15(20)21(9)10-5-4-6-11(7-10)24-3/h4-8H,1-3H3,(H,18,22,23). The largest absolute Gasteiger partial charge is 0.497 e. The van der Waals surface area contributed by atoms with Crippen LogP contribution in [0.4, 0.5) is 0 Å². The highest BCUT2D eigenvalue weighted by molar-refractivity contribution is 5.76. The second-order valence-corrected chi connectivity index (χ2v) is 5.58. The number of H-pyrrole nitrogens is 1. The van der Waals surface area contributed by atoms with Gasteiger partial charge in [0, 0.05) is 25.0 Å². The summed E-state index contributed by atoms with van der Waals surface area (Å²) in [5.41, 5.74) is 1.51. The Morgan fingerprint density at radius 3 is 2.79 bits per heavy atom. The van der Waals surface area contributed by atoms with Crippen LogP contribution in [0.1, 0.15) is 5.69 Å². The van der Waals surface area contributed by atoms with Crippen LogP contribution in [0.15, 0.2) is 40.1 Å². The van der Waals surface area contributed by atoms with Crippen molar-refractivity contribution in [3.8, 4) is 11.4 Å². The molecule has 24 heavy (non-hydrogen) atoms. The maximum absolute atomic E-state index is 12.2. The number of aromatic amines is 1. The molecule has 1 aromatic carbocycles. The Kier molecular flexibility index (Phi) is 2.89. The first kappa shape index (κ1) is 14.3. The molecule has 0 saturated heterocycles. The number of hydrogen-bond acceptors (Lipinski definition) is 4. The maximum atomic E-state index is 12.2. The molecule has 122 valence electrons. The fourth-order valence-electron chi connectivity index (χ4n) is 2.94. The summed E-state index contributed by atoms with van der Waals surface area (Å²) in [7, 11) is 3.19. The van der Waals surface area contributed by atoms with E-state index < -0.39 is 11.2 Å². The van der Waals surface area contributed by atoms with Crippen LogP contribution in [0.5, 0.6) is 5.75 Å². The molecule has 4 aromatic rings. The molecule has 8 nitrogen and oxygen atoms in total. The zero-order valence-electron chi connectivity index (χ0n) is 13.4. The van der Waals surface area contributed by atoms with Crippen LogP contribution in [-0.2, 0) is 7.05 Å². The van der Waals surface area contributed by atoms with Crippen LogP contribution in [0.2, 0.25) is 0 Å².